The predicted octanol–water partition coefficient (Wildman–Crippen LogP) is 1.17. The molecule has 6 heteroatoms. The monoisotopic (exact) mass is 297 g/mol. The molecule has 0 spiro atoms. The summed E-state index contributed by atoms with van der Waals surface area (Å²) in [5.41, 5.74) is 0.787. The van der Waals surface area contributed by atoms with Gasteiger partial charge in [0.2, 0.25) is 10.0 Å². The van der Waals surface area contributed by atoms with Crippen LogP contribution in [0.4, 0.5) is 5.69 Å². The third-order valence-electron chi connectivity index (χ3n) is 3.40. The van der Waals surface area contributed by atoms with Crippen LogP contribution in [0.3, 0.4) is 0 Å². The van der Waals surface area contributed by atoms with Gasteiger partial charge in [0.05, 0.1) is 11.7 Å². The summed E-state index contributed by atoms with van der Waals surface area (Å²) in [5, 5.41) is 3.23. The average molecular weight is 297 g/mol. The molecule has 5 nitrogen and oxygen atoms in total. The first-order valence-corrected chi connectivity index (χ1v) is 8.52. The molecule has 0 aromatic heterocycles. The minimum Gasteiger partial charge on any atom is -0.365 e. The van der Waals surface area contributed by atoms with Gasteiger partial charge in [-0.2, -0.15) is 0 Å². The minimum atomic E-state index is -3.48. The number of likely N-dealkylation sites (N-methyl/N-ethyl adjacent to an activating group) is 1. The molecule has 20 heavy (non-hydrogen) atoms. The van der Waals surface area contributed by atoms with Crippen LogP contribution in [0.1, 0.15) is 20.8 Å². The molecule has 2 rings (SSSR count). The number of hydrogen-bond donors (Lipinski definition) is 2. The fraction of sp³-hybridized carbons (Fsp3) is 0.571. The lowest BCUT2D eigenvalue weighted by Gasteiger charge is -2.40. The Morgan fingerprint density at radius 2 is 2.00 bits per heavy atom. The Morgan fingerprint density at radius 3 is 2.50 bits per heavy atom. The fourth-order valence-electron chi connectivity index (χ4n) is 2.41. The van der Waals surface area contributed by atoms with Gasteiger partial charge >= 0.3 is 0 Å². The molecule has 2 N–H and O–H groups in total. The van der Waals surface area contributed by atoms with Crippen LogP contribution in [0.2, 0.25) is 0 Å². The summed E-state index contributed by atoms with van der Waals surface area (Å²) >= 11 is 0. The summed E-state index contributed by atoms with van der Waals surface area (Å²) < 4.78 is 27.6. The Kier molecular flexibility index (Phi) is 4.67. The van der Waals surface area contributed by atoms with E-state index in [-0.39, 0.29) is 6.04 Å². The van der Waals surface area contributed by atoms with Crippen LogP contribution in [0, 0.1) is 0 Å². The van der Waals surface area contributed by atoms with Crippen LogP contribution in [0.25, 0.3) is 0 Å². The van der Waals surface area contributed by atoms with Crippen molar-refractivity contribution in [3.63, 3.8) is 0 Å². The second kappa shape index (κ2) is 6.11. The highest BCUT2D eigenvalue weighted by Gasteiger charge is 2.28. The summed E-state index contributed by atoms with van der Waals surface area (Å²) in [4.78, 5) is 2.52. The van der Waals surface area contributed by atoms with E-state index in [0.29, 0.717) is 10.9 Å². The van der Waals surface area contributed by atoms with Gasteiger partial charge < -0.3 is 10.2 Å². The van der Waals surface area contributed by atoms with Crippen LogP contribution in [-0.4, -0.2) is 40.1 Å². The molecular formula is C14H23N3O2S. The summed E-state index contributed by atoms with van der Waals surface area (Å²) in [6, 6.07) is 7.47. The van der Waals surface area contributed by atoms with Crippen molar-refractivity contribution in [2.24, 2.45) is 0 Å². The molecular weight excluding hydrogens is 274 g/mol. The van der Waals surface area contributed by atoms with E-state index in [4.69, 9.17) is 0 Å². The van der Waals surface area contributed by atoms with Crippen LogP contribution in [-0.2, 0) is 10.0 Å². The van der Waals surface area contributed by atoms with Gasteiger partial charge in [-0.1, -0.05) is 12.1 Å². The van der Waals surface area contributed by atoms with Gasteiger partial charge in [0.1, 0.15) is 4.90 Å². The lowest BCUT2D eigenvalue weighted by Crippen LogP contribution is -2.57. The Labute approximate surface area is 121 Å². The second-order valence-electron chi connectivity index (χ2n) is 5.34. The highest BCUT2D eigenvalue weighted by molar-refractivity contribution is 7.89. The van der Waals surface area contributed by atoms with E-state index >= 15 is 0 Å². The molecule has 0 saturated carbocycles. The maximum absolute atomic E-state index is 12.5. The molecule has 1 aliphatic heterocycles. The number of rotatable bonds is 6. The molecule has 0 atom stereocenters. The van der Waals surface area contributed by atoms with Crippen molar-refractivity contribution in [3.05, 3.63) is 24.3 Å². The Morgan fingerprint density at radius 1 is 1.35 bits per heavy atom. The van der Waals surface area contributed by atoms with Gasteiger partial charge in [0.25, 0.3) is 0 Å². The molecule has 1 heterocycles. The summed E-state index contributed by atoms with van der Waals surface area (Å²) in [5.74, 6) is 0. The van der Waals surface area contributed by atoms with Crippen molar-refractivity contribution in [2.45, 2.75) is 37.8 Å². The number of sulfonamides is 1. The smallest absolute Gasteiger partial charge is 0.242 e. The maximum atomic E-state index is 12.5. The van der Waals surface area contributed by atoms with Gasteiger partial charge in [0.15, 0.2) is 0 Å². The lowest BCUT2D eigenvalue weighted by atomic mass is 10.1. The van der Waals surface area contributed by atoms with Crippen molar-refractivity contribution in [1.29, 1.82) is 0 Å². The Bertz CT molecular complexity index is 553. The number of anilines is 1. The molecule has 0 aliphatic carbocycles. The van der Waals surface area contributed by atoms with E-state index in [1.807, 2.05) is 26.0 Å². The van der Waals surface area contributed by atoms with Crippen LogP contribution in [0.5, 0.6) is 0 Å². The Hall–Kier alpha value is -1.11. The SMILES string of the molecule is CCN(c1ccccc1S(=O)(=O)NC(C)C)C1CNC1. The van der Waals surface area contributed by atoms with Gasteiger partial charge in [0, 0.05) is 25.7 Å². The standard InChI is InChI=1S/C14H23N3O2S/c1-4-17(12-9-15-10-12)13-7-5-6-8-14(13)20(18,19)16-11(2)3/h5-8,11-12,15-16H,4,9-10H2,1-3H3. The molecule has 112 valence electrons. The van der Waals surface area contributed by atoms with Crippen molar-refractivity contribution in [1.82, 2.24) is 10.0 Å². The van der Waals surface area contributed by atoms with E-state index in [0.717, 1.165) is 25.3 Å². The highest BCUT2D eigenvalue weighted by Crippen LogP contribution is 2.27. The average Bonchev–Trinajstić information content (AvgIpc) is 2.32. The number of nitrogens with one attached hydrogen (secondary N) is 2. The third kappa shape index (κ3) is 3.13. The van der Waals surface area contributed by atoms with E-state index < -0.39 is 10.0 Å². The van der Waals surface area contributed by atoms with E-state index in [1.165, 1.54) is 0 Å². The molecule has 1 aromatic rings. The lowest BCUT2D eigenvalue weighted by molar-refractivity contribution is 0.416. The van der Waals surface area contributed by atoms with Crippen LogP contribution in [0.15, 0.2) is 29.2 Å². The topological polar surface area (TPSA) is 61.4 Å². The Balaban J connectivity index is 2.39. The van der Waals surface area contributed by atoms with Crippen molar-refractivity contribution in [3.8, 4) is 0 Å². The number of benzene rings is 1. The number of hydrogen-bond acceptors (Lipinski definition) is 4. The largest absolute Gasteiger partial charge is 0.365 e. The zero-order valence-corrected chi connectivity index (χ0v) is 13.1. The van der Waals surface area contributed by atoms with Crippen molar-refractivity contribution < 1.29 is 8.42 Å². The van der Waals surface area contributed by atoms with Crippen LogP contribution < -0.4 is 14.9 Å². The second-order valence-corrected chi connectivity index (χ2v) is 7.02. The van der Waals surface area contributed by atoms with Gasteiger partial charge in [-0.3, -0.25) is 0 Å². The quantitative estimate of drug-likeness (QED) is 0.827. The summed E-state index contributed by atoms with van der Waals surface area (Å²) in [6.07, 6.45) is 0. The molecule has 0 amide bonds. The number of nitrogens with zero attached hydrogens (tertiary/aromatic N) is 1. The normalized spacial score (nSPS) is 16.2. The molecule has 1 aromatic carbocycles. The minimum absolute atomic E-state index is 0.117. The fourth-order valence-corrected chi connectivity index (χ4v) is 3.88. The molecule has 1 fully saturated rings. The highest BCUT2D eigenvalue weighted by atomic mass is 32.2. The molecule has 0 unspecified atom stereocenters. The van der Waals surface area contributed by atoms with Gasteiger partial charge in [-0.15, -0.1) is 0 Å². The number of para-hydroxylation sites is 1. The molecule has 0 radical (unpaired) electrons. The predicted molar refractivity (Wildman–Crippen MR) is 81.6 cm³/mol. The third-order valence-corrected chi connectivity index (χ3v) is 5.10. The van der Waals surface area contributed by atoms with E-state index in [1.54, 1.807) is 12.1 Å². The van der Waals surface area contributed by atoms with Crippen molar-refractivity contribution in [2.75, 3.05) is 24.5 Å². The zero-order chi connectivity index (χ0) is 14.8. The van der Waals surface area contributed by atoms with E-state index in [2.05, 4.69) is 21.9 Å². The van der Waals surface area contributed by atoms with Gasteiger partial charge in [-0.25, -0.2) is 13.1 Å². The van der Waals surface area contributed by atoms with Crippen LogP contribution >= 0.6 is 0 Å². The van der Waals surface area contributed by atoms with Crippen molar-refractivity contribution >= 4 is 15.7 Å². The van der Waals surface area contributed by atoms with Gasteiger partial charge in [-0.05, 0) is 32.9 Å². The molecule has 1 saturated heterocycles. The van der Waals surface area contributed by atoms with E-state index in [9.17, 15) is 8.42 Å². The molecule has 0 bridgehead atoms. The first-order valence-electron chi connectivity index (χ1n) is 7.04. The first kappa shape index (κ1) is 15.3. The zero-order valence-electron chi connectivity index (χ0n) is 12.3. The first-order chi connectivity index (χ1) is 9.45. The summed E-state index contributed by atoms with van der Waals surface area (Å²) in [6.45, 7) is 8.30. The molecule has 1 aliphatic rings. The summed E-state index contributed by atoms with van der Waals surface area (Å²) in [7, 11) is -3.48. The maximum Gasteiger partial charge on any atom is 0.242 e.